The summed E-state index contributed by atoms with van der Waals surface area (Å²) in [7, 11) is 0. The second kappa shape index (κ2) is 3.89. The quantitative estimate of drug-likeness (QED) is 0.599. The Bertz CT molecular complexity index is 625. The highest BCUT2D eigenvalue weighted by Crippen LogP contribution is 2.40. The maximum absolute atomic E-state index is 6.09. The van der Waals surface area contributed by atoms with Crippen LogP contribution in [0.1, 0.15) is 16.7 Å². The number of rotatable bonds is 1. The van der Waals surface area contributed by atoms with Crippen molar-refractivity contribution in [2.75, 3.05) is 11.5 Å². The van der Waals surface area contributed by atoms with Crippen LogP contribution in [0.15, 0.2) is 24.3 Å². The number of nitrogens with two attached hydrogens (primary N) is 3. The summed E-state index contributed by atoms with van der Waals surface area (Å²) in [6.45, 7) is 0.277. The van der Waals surface area contributed by atoms with Crippen molar-refractivity contribution in [1.29, 1.82) is 0 Å². The molecule has 1 aliphatic rings. The second-order valence-corrected chi connectivity index (χ2v) is 4.26. The third-order valence-electron chi connectivity index (χ3n) is 3.19. The summed E-state index contributed by atoms with van der Waals surface area (Å²) >= 11 is 0. The number of nitrogen functional groups attached to an aromatic ring is 2. The van der Waals surface area contributed by atoms with E-state index in [1.807, 2.05) is 24.3 Å². The molecule has 0 radical (unpaired) electrons. The van der Waals surface area contributed by atoms with E-state index in [4.69, 9.17) is 21.9 Å². The number of pyridine rings is 1. The molecule has 0 saturated heterocycles. The van der Waals surface area contributed by atoms with E-state index in [1.54, 1.807) is 0 Å². The van der Waals surface area contributed by atoms with Gasteiger partial charge in [-0.3, -0.25) is 0 Å². The molecule has 0 amide bonds. The van der Waals surface area contributed by atoms with Crippen molar-refractivity contribution in [2.45, 2.75) is 13.0 Å². The highest BCUT2D eigenvalue weighted by atomic mass is 16.5. The van der Waals surface area contributed by atoms with Crippen LogP contribution in [0.2, 0.25) is 0 Å². The van der Waals surface area contributed by atoms with Crippen molar-refractivity contribution in [1.82, 2.24) is 4.98 Å². The number of ether oxygens (including phenoxy) is 1. The molecule has 1 aromatic carbocycles. The van der Waals surface area contributed by atoms with Crippen LogP contribution in [-0.2, 0) is 13.0 Å². The maximum Gasteiger partial charge on any atom is 0.226 e. The van der Waals surface area contributed by atoms with Gasteiger partial charge in [-0.05, 0) is 11.6 Å². The van der Waals surface area contributed by atoms with Gasteiger partial charge in [-0.1, -0.05) is 18.2 Å². The fourth-order valence-electron chi connectivity index (χ4n) is 2.19. The van der Waals surface area contributed by atoms with Gasteiger partial charge in [-0.15, -0.1) is 0 Å². The minimum Gasteiger partial charge on any atom is -0.438 e. The highest BCUT2D eigenvalue weighted by Gasteiger charge is 2.23. The number of fused-ring (bicyclic) bond motifs is 2. The number of hydrogen-bond acceptors (Lipinski definition) is 5. The minimum atomic E-state index is 0.277. The van der Waals surface area contributed by atoms with Crippen LogP contribution in [0, 0.1) is 0 Å². The summed E-state index contributed by atoms with van der Waals surface area (Å²) in [5.74, 6) is 1.63. The molecule has 1 aromatic heterocycles. The molecule has 0 atom stereocenters. The Morgan fingerprint density at radius 2 is 2.00 bits per heavy atom. The van der Waals surface area contributed by atoms with E-state index in [-0.39, 0.29) is 6.54 Å². The average molecular weight is 242 g/mol. The Balaban J connectivity index is 2.16. The maximum atomic E-state index is 6.09. The number of para-hydroxylation sites is 1. The molecule has 5 nitrogen and oxygen atoms in total. The molecular formula is C13H14N4O. The second-order valence-electron chi connectivity index (χ2n) is 4.26. The molecule has 5 heteroatoms. The molecule has 1 aliphatic heterocycles. The smallest absolute Gasteiger partial charge is 0.226 e. The van der Waals surface area contributed by atoms with Gasteiger partial charge in [0.1, 0.15) is 11.6 Å². The number of benzene rings is 1. The van der Waals surface area contributed by atoms with Gasteiger partial charge in [0.2, 0.25) is 5.88 Å². The third kappa shape index (κ3) is 1.48. The summed E-state index contributed by atoms with van der Waals surface area (Å²) in [6.07, 6.45) is 0.692. The molecule has 0 bridgehead atoms. The first-order valence-corrected chi connectivity index (χ1v) is 5.73. The lowest BCUT2D eigenvalue weighted by Crippen LogP contribution is -2.14. The minimum absolute atomic E-state index is 0.277. The van der Waals surface area contributed by atoms with E-state index in [1.165, 1.54) is 0 Å². The largest absolute Gasteiger partial charge is 0.438 e. The van der Waals surface area contributed by atoms with Crippen LogP contribution in [0.4, 0.5) is 11.5 Å². The van der Waals surface area contributed by atoms with E-state index in [0.29, 0.717) is 29.4 Å². The van der Waals surface area contributed by atoms with Gasteiger partial charge in [0.05, 0.1) is 0 Å². The average Bonchev–Trinajstić information content (AvgIpc) is 2.37. The molecule has 0 unspecified atom stereocenters. The fourth-order valence-corrected chi connectivity index (χ4v) is 2.19. The van der Waals surface area contributed by atoms with Crippen molar-refractivity contribution in [2.24, 2.45) is 5.73 Å². The molecule has 18 heavy (non-hydrogen) atoms. The van der Waals surface area contributed by atoms with Gasteiger partial charge in [0.15, 0.2) is 0 Å². The van der Waals surface area contributed by atoms with Crippen LogP contribution in [0.3, 0.4) is 0 Å². The Morgan fingerprint density at radius 1 is 1.22 bits per heavy atom. The summed E-state index contributed by atoms with van der Waals surface area (Å²) in [4.78, 5) is 4.24. The zero-order chi connectivity index (χ0) is 12.7. The van der Waals surface area contributed by atoms with Crippen molar-refractivity contribution in [3.8, 4) is 11.6 Å². The molecular weight excluding hydrogens is 228 g/mol. The lowest BCUT2D eigenvalue weighted by molar-refractivity contribution is 0.442. The lowest BCUT2D eigenvalue weighted by Gasteiger charge is -2.22. The number of hydrogen-bond donors (Lipinski definition) is 3. The van der Waals surface area contributed by atoms with Gasteiger partial charge in [0, 0.05) is 29.8 Å². The van der Waals surface area contributed by atoms with E-state index < -0.39 is 0 Å². The first-order chi connectivity index (χ1) is 8.70. The van der Waals surface area contributed by atoms with Crippen molar-refractivity contribution >= 4 is 11.5 Å². The molecule has 2 heterocycles. The SMILES string of the molecule is NCc1c(N)nc2c(c1N)Cc1ccccc1O2. The highest BCUT2D eigenvalue weighted by molar-refractivity contribution is 5.68. The van der Waals surface area contributed by atoms with Crippen LogP contribution >= 0.6 is 0 Å². The first-order valence-electron chi connectivity index (χ1n) is 5.73. The molecule has 3 rings (SSSR count). The van der Waals surface area contributed by atoms with Gasteiger partial charge in [-0.2, -0.15) is 4.98 Å². The predicted octanol–water partition coefficient (Wildman–Crippen LogP) is 1.40. The van der Waals surface area contributed by atoms with Gasteiger partial charge in [0.25, 0.3) is 0 Å². The molecule has 92 valence electrons. The topological polar surface area (TPSA) is 100 Å². The Hall–Kier alpha value is -2.27. The summed E-state index contributed by atoms with van der Waals surface area (Å²) < 4.78 is 5.73. The van der Waals surface area contributed by atoms with Crippen LogP contribution in [0.25, 0.3) is 0 Å². The third-order valence-corrected chi connectivity index (χ3v) is 3.19. The van der Waals surface area contributed by atoms with E-state index >= 15 is 0 Å². The van der Waals surface area contributed by atoms with Crippen molar-refractivity contribution < 1.29 is 4.74 Å². The van der Waals surface area contributed by atoms with E-state index in [2.05, 4.69) is 4.98 Å². The van der Waals surface area contributed by atoms with Gasteiger partial charge in [-0.25, -0.2) is 0 Å². The van der Waals surface area contributed by atoms with E-state index in [9.17, 15) is 0 Å². The molecule has 0 aliphatic carbocycles. The van der Waals surface area contributed by atoms with Crippen LogP contribution < -0.4 is 21.9 Å². The zero-order valence-corrected chi connectivity index (χ0v) is 9.81. The first kappa shape index (κ1) is 10.9. The van der Waals surface area contributed by atoms with E-state index in [0.717, 1.165) is 16.9 Å². The molecule has 6 N–H and O–H groups in total. The Kier molecular flexibility index (Phi) is 2.34. The molecule has 0 saturated carbocycles. The van der Waals surface area contributed by atoms with Crippen LogP contribution in [0.5, 0.6) is 11.6 Å². The standard InChI is InChI=1S/C13H14N4O/c14-6-9-11(15)8-5-7-3-1-2-4-10(7)18-13(8)17-12(9)16/h1-4H,5-6,14H2,(H4,15,16,17). The van der Waals surface area contributed by atoms with Crippen molar-refractivity contribution in [3.05, 3.63) is 41.0 Å². The number of anilines is 2. The predicted molar refractivity (Wildman–Crippen MR) is 70.3 cm³/mol. The Morgan fingerprint density at radius 3 is 2.78 bits per heavy atom. The number of aromatic nitrogens is 1. The zero-order valence-electron chi connectivity index (χ0n) is 9.81. The monoisotopic (exact) mass is 242 g/mol. The molecule has 0 spiro atoms. The summed E-state index contributed by atoms with van der Waals surface area (Å²) in [5, 5.41) is 0. The van der Waals surface area contributed by atoms with Crippen LogP contribution in [-0.4, -0.2) is 4.98 Å². The molecule has 2 aromatic rings. The van der Waals surface area contributed by atoms with Gasteiger partial charge >= 0.3 is 0 Å². The number of nitrogens with zero attached hydrogens (tertiary/aromatic N) is 1. The summed E-state index contributed by atoms with van der Waals surface area (Å²) in [6, 6.07) is 7.81. The molecule has 0 fully saturated rings. The Labute approximate surface area is 105 Å². The lowest BCUT2D eigenvalue weighted by atomic mass is 9.99. The fraction of sp³-hybridized carbons (Fsp3) is 0.154. The normalized spacial score (nSPS) is 12.5. The van der Waals surface area contributed by atoms with Crippen molar-refractivity contribution in [3.63, 3.8) is 0 Å². The summed E-state index contributed by atoms with van der Waals surface area (Å²) in [5.41, 5.74) is 20.8. The van der Waals surface area contributed by atoms with Gasteiger partial charge < -0.3 is 21.9 Å².